The molecule has 0 radical (unpaired) electrons. The van der Waals surface area contributed by atoms with Crippen LogP contribution >= 0.6 is 11.3 Å². The Morgan fingerprint density at radius 3 is 2.52 bits per heavy atom. The fourth-order valence-corrected chi connectivity index (χ4v) is 3.02. The van der Waals surface area contributed by atoms with Crippen molar-refractivity contribution in [3.05, 3.63) is 63.1 Å². The van der Waals surface area contributed by atoms with Crippen molar-refractivity contribution in [2.75, 3.05) is 19.0 Å². The van der Waals surface area contributed by atoms with Gasteiger partial charge in [0.05, 0.1) is 15.1 Å². The minimum absolute atomic E-state index is 0.0672. The van der Waals surface area contributed by atoms with Crippen LogP contribution in [0.25, 0.3) is 22.4 Å². The van der Waals surface area contributed by atoms with E-state index in [2.05, 4.69) is 17.1 Å². The molecule has 1 heterocycles. The summed E-state index contributed by atoms with van der Waals surface area (Å²) in [4.78, 5) is 16.9. The number of non-ortho nitro benzene ring substituents is 1. The van der Waals surface area contributed by atoms with E-state index in [0.29, 0.717) is 5.52 Å². The summed E-state index contributed by atoms with van der Waals surface area (Å²) in [6, 6.07) is 13.0. The van der Waals surface area contributed by atoms with Crippen LogP contribution in [0.3, 0.4) is 0 Å². The summed E-state index contributed by atoms with van der Waals surface area (Å²) < 4.78 is 0.943. The molecule has 0 unspecified atom stereocenters. The standard InChI is InChI=1S/C17H15N3O2S/c1-19(2)13-6-3-12(4-7-13)5-10-17-18-15-11-14(20(21)22)8-9-16(15)23-17/h3-11H,1-2H3. The van der Waals surface area contributed by atoms with E-state index < -0.39 is 4.92 Å². The average Bonchev–Trinajstić information content (AvgIpc) is 2.95. The van der Waals surface area contributed by atoms with Crippen LogP contribution in [0, 0.1) is 10.1 Å². The SMILES string of the molecule is CN(C)c1ccc(C=Cc2nc3cc([N+](=O)[O-])ccc3s2)cc1. The van der Waals surface area contributed by atoms with Gasteiger partial charge in [-0.15, -0.1) is 11.3 Å². The molecule has 0 N–H and O–H groups in total. The monoisotopic (exact) mass is 325 g/mol. The molecule has 0 aliphatic carbocycles. The lowest BCUT2D eigenvalue weighted by Crippen LogP contribution is -2.07. The Bertz CT molecular complexity index is 882. The molecule has 0 fully saturated rings. The van der Waals surface area contributed by atoms with Gasteiger partial charge in [0.2, 0.25) is 0 Å². The summed E-state index contributed by atoms with van der Waals surface area (Å²) in [7, 11) is 4.01. The fourth-order valence-electron chi connectivity index (χ4n) is 2.17. The van der Waals surface area contributed by atoms with Crippen molar-refractivity contribution in [3.63, 3.8) is 0 Å². The number of anilines is 1. The number of nitro groups is 1. The zero-order valence-corrected chi connectivity index (χ0v) is 13.6. The summed E-state index contributed by atoms with van der Waals surface area (Å²) in [6.07, 6.45) is 3.92. The third kappa shape index (κ3) is 3.37. The second-order valence-corrected chi connectivity index (χ2v) is 6.34. The molecule has 0 saturated carbocycles. The zero-order chi connectivity index (χ0) is 16.4. The van der Waals surface area contributed by atoms with E-state index in [1.807, 2.05) is 43.3 Å². The lowest BCUT2D eigenvalue weighted by molar-refractivity contribution is -0.384. The van der Waals surface area contributed by atoms with Gasteiger partial charge in [0.15, 0.2) is 0 Å². The molecule has 0 bridgehead atoms. The van der Waals surface area contributed by atoms with E-state index in [1.54, 1.807) is 6.07 Å². The first-order valence-corrected chi connectivity index (χ1v) is 7.85. The molecule has 2 aromatic carbocycles. The van der Waals surface area contributed by atoms with Crippen molar-refractivity contribution in [2.24, 2.45) is 0 Å². The van der Waals surface area contributed by atoms with Crippen LogP contribution in [0.5, 0.6) is 0 Å². The van der Waals surface area contributed by atoms with Crippen molar-refractivity contribution < 1.29 is 4.92 Å². The number of benzene rings is 2. The van der Waals surface area contributed by atoms with Gasteiger partial charge in [-0.05, 0) is 29.8 Å². The Labute approximate surface area is 137 Å². The van der Waals surface area contributed by atoms with Gasteiger partial charge in [0, 0.05) is 31.9 Å². The second-order valence-electron chi connectivity index (χ2n) is 5.28. The highest BCUT2D eigenvalue weighted by Gasteiger charge is 2.09. The van der Waals surface area contributed by atoms with Crippen LogP contribution in [-0.4, -0.2) is 24.0 Å². The van der Waals surface area contributed by atoms with Gasteiger partial charge in [-0.2, -0.15) is 0 Å². The van der Waals surface area contributed by atoms with Crippen molar-refractivity contribution in [3.8, 4) is 0 Å². The normalized spacial score (nSPS) is 11.2. The van der Waals surface area contributed by atoms with Gasteiger partial charge in [-0.1, -0.05) is 18.2 Å². The Balaban J connectivity index is 1.84. The summed E-state index contributed by atoms with van der Waals surface area (Å²) in [6.45, 7) is 0. The van der Waals surface area contributed by atoms with Crippen molar-refractivity contribution >= 4 is 45.1 Å². The number of nitro benzene ring substituents is 1. The van der Waals surface area contributed by atoms with Crippen LogP contribution in [0.15, 0.2) is 42.5 Å². The van der Waals surface area contributed by atoms with E-state index in [9.17, 15) is 10.1 Å². The van der Waals surface area contributed by atoms with Gasteiger partial charge in [-0.25, -0.2) is 4.98 Å². The molecule has 0 spiro atoms. The second kappa shape index (κ2) is 6.18. The van der Waals surface area contributed by atoms with Crippen LogP contribution in [0.1, 0.15) is 10.6 Å². The van der Waals surface area contributed by atoms with E-state index >= 15 is 0 Å². The smallest absolute Gasteiger partial charge is 0.271 e. The first kappa shape index (κ1) is 15.2. The van der Waals surface area contributed by atoms with E-state index in [1.165, 1.54) is 23.5 Å². The molecule has 6 heteroatoms. The van der Waals surface area contributed by atoms with Gasteiger partial charge < -0.3 is 4.90 Å². The lowest BCUT2D eigenvalue weighted by atomic mass is 10.2. The van der Waals surface area contributed by atoms with E-state index in [4.69, 9.17) is 0 Å². The highest BCUT2D eigenvalue weighted by atomic mass is 32.1. The predicted octanol–water partition coefficient (Wildman–Crippen LogP) is 4.44. The Morgan fingerprint density at radius 2 is 1.87 bits per heavy atom. The average molecular weight is 325 g/mol. The number of fused-ring (bicyclic) bond motifs is 1. The number of aromatic nitrogens is 1. The molecule has 0 saturated heterocycles. The maximum absolute atomic E-state index is 10.8. The fraction of sp³-hybridized carbons (Fsp3) is 0.118. The predicted molar refractivity (Wildman–Crippen MR) is 96.0 cm³/mol. The van der Waals surface area contributed by atoms with E-state index in [0.717, 1.165) is 21.0 Å². The van der Waals surface area contributed by atoms with Crippen LogP contribution < -0.4 is 4.90 Å². The minimum Gasteiger partial charge on any atom is -0.378 e. The third-order valence-corrected chi connectivity index (χ3v) is 4.43. The van der Waals surface area contributed by atoms with Crippen LogP contribution in [0.2, 0.25) is 0 Å². The van der Waals surface area contributed by atoms with Crippen LogP contribution in [-0.2, 0) is 0 Å². The number of hydrogen-bond acceptors (Lipinski definition) is 5. The molecule has 0 atom stereocenters. The first-order valence-electron chi connectivity index (χ1n) is 7.03. The molecule has 0 aliphatic heterocycles. The molecule has 116 valence electrons. The highest BCUT2D eigenvalue weighted by molar-refractivity contribution is 7.19. The summed E-state index contributed by atoms with van der Waals surface area (Å²) in [5.74, 6) is 0. The maximum atomic E-state index is 10.8. The topological polar surface area (TPSA) is 59.3 Å². The van der Waals surface area contributed by atoms with E-state index in [-0.39, 0.29) is 5.69 Å². The number of nitrogens with zero attached hydrogens (tertiary/aromatic N) is 3. The molecule has 0 amide bonds. The van der Waals surface area contributed by atoms with Gasteiger partial charge in [0.1, 0.15) is 5.01 Å². The Kier molecular flexibility index (Phi) is 4.08. The van der Waals surface area contributed by atoms with Gasteiger partial charge >= 0.3 is 0 Å². The molecule has 3 rings (SSSR count). The third-order valence-electron chi connectivity index (χ3n) is 3.43. The zero-order valence-electron chi connectivity index (χ0n) is 12.8. The number of hydrogen-bond donors (Lipinski definition) is 0. The van der Waals surface area contributed by atoms with Crippen LogP contribution in [0.4, 0.5) is 11.4 Å². The number of rotatable bonds is 4. The molecule has 3 aromatic rings. The molecular weight excluding hydrogens is 310 g/mol. The van der Waals surface area contributed by atoms with Crippen molar-refractivity contribution in [1.29, 1.82) is 0 Å². The number of thiazole rings is 1. The Morgan fingerprint density at radius 1 is 1.13 bits per heavy atom. The Hall–Kier alpha value is -2.73. The minimum atomic E-state index is -0.402. The summed E-state index contributed by atoms with van der Waals surface area (Å²) in [5, 5.41) is 11.6. The van der Waals surface area contributed by atoms with Gasteiger partial charge in [0.25, 0.3) is 5.69 Å². The van der Waals surface area contributed by atoms with Gasteiger partial charge in [-0.3, -0.25) is 10.1 Å². The summed E-state index contributed by atoms with van der Waals surface area (Å²) >= 11 is 1.52. The lowest BCUT2D eigenvalue weighted by Gasteiger charge is -2.11. The maximum Gasteiger partial charge on any atom is 0.271 e. The molecule has 1 aromatic heterocycles. The molecule has 23 heavy (non-hydrogen) atoms. The first-order chi connectivity index (χ1) is 11.0. The van der Waals surface area contributed by atoms with Crippen molar-refractivity contribution in [1.82, 2.24) is 4.98 Å². The highest BCUT2D eigenvalue weighted by Crippen LogP contribution is 2.27. The largest absolute Gasteiger partial charge is 0.378 e. The van der Waals surface area contributed by atoms with Crippen molar-refractivity contribution in [2.45, 2.75) is 0 Å². The summed E-state index contributed by atoms with van der Waals surface area (Å²) in [5.41, 5.74) is 2.96. The molecule has 5 nitrogen and oxygen atoms in total. The quantitative estimate of drug-likeness (QED) is 0.525. The molecular formula is C17H15N3O2S. The molecule has 0 aliphatic rings.